The molecule has 116 valence electrons. The predicted octanol–water partition coefficient (Wildman–Crippen LogP) is 2.72. The van der Waals surface area contributed by atoms with E-state index in [1.807, 2.05) is 0 Å². The molecule has 2 unspecified atom stereocenters. The van der Waals surface area contributed by atoms with Crippen molar-refractivity contribution in [2.24, 2.45) is 11.8 Å². The Kier molecular flexibility index (Phi) is 4.78. The number of hydrogen-bond donors (Lipinski definition) is 2. The number of hydrazine groups is 1. The van der Waals surface area contributed by atoms with Gasteiger partial charge in [-0.25, -0.2) is 0 Å². The van der Waals surface area contributed by atoms with Crippen LogP contribution in [0.3, 0.4) is 0 Å². The summed E-state index contributed by atoms with van der Waals surface area (Å²) in [5.74, 6) is 7.48. The minimum absolute atomic E-state index is 0.0454. The molecule has 1 aliphatic heterocycles. The number of rotatable bonds is 5. The first kappa shape index (κ1) is 14.8. The van der Waals surface area contributed by atoms with Crippen LogP contribution in [0.5, 0.6) is 5.75 Å². The van der Waals surface area contributed by atoms with Crippen molar-refractivity contribution >= 4 is 0 Å². The van der Waals surface area contributed by atoms with E-state index < -0.39 is 0 Å². The monoisotopic (exact) mass is 290 g/mol. The number of nitrogens with two attached hydrogens (primary N) is 1. The number of hydrogen-bond acceptors (Lipinski definition) is 4. The first-order valence-corrected chi connectivity index (χ1v) is 8.08. The molecule has 2 aliphatic rings. The van der Waals surface area contributed by atoms with Crippen LogP contribution in [0.1, 0.15) is 49.3 Å². The molecule has 21 heavy (non-hydrogen) atoms. The zero-order valence-corrected chi connectivity index (χ0v) is 12.8. The van der Waals surface area contributed by atoms with Gasteiger partial charge < -0.3 is 9.47 Å². The largest absolute Gasteiger partial charge is 0.493 e. The Morgan fingerprint density at radius 2 is 2.10 bits per heavy atom. The van der Waals surface area contributed by atoms with Crippen LogP contribution in [0, 0.1) is 5.92 Å². The maximum Gasteiger partial charge on any atom is 0.122 e. The van der Waals surface area contributed by atoms with Gasteiger partial charge >= 0.3 is 0 Å². The molecule has 1 aromatic carbocycles. The summed E-state index contributed by atoms with van der Waals surface area (Å²) in [6, 6.07) is 6.45. The molecule has 0 saturated heterocycles. The van der Waals surface area contributed by atoms with E-state index >= 15 is 0 Å². The van der Waals surface area contributed by atoms with E-state index in [4.69, 9.17) is 15.3 Å². The number of nitrogens with one attached hydrogen (secondary N) is 1. The van der Waals surface area contributed by atoms with E-state index in [2.05, 4.69) is 23.6 Å². The highest BCUT2D eigenvalue weighted by molar-refractivity contribution is 5.41. The van der Waals surface area contributed by atoms with Gasteiger partial charge in [-0.05, 0) is 36.0 Å². The van der Waals surface area contributed by atoms with Crippen molar-refractivity contribution in [3.63, 3.8) is 0 Å². The SMILES string of the molecule is COC(C1CCCCC1)C(NN)c1ccc2c(c1)CCO2. The van der Waals surface area contributed by atoms with Crippen LogP contribution < -0.4 is 16.0 Å². The Labute approximate surface area is 127 Å². The highest BCUT2D eigenvalue weighted by atomic mass is 16.5. The van der Waals surface area contributed by atoms with E-state index in [0.29, 0.717) is 5.92 Å². The van der Waals surface area contributed by atoms with E-state index in [1.165, 1.54) is 43.2 Å². The number of fused-ring (bicyclic) bond motifs is 1. The molecule has 1 heterocycles. The summed E-state index contributed by atoms with van der Waals surface area (Å²) in [5, 5.41) is 0. The molecule has 0 radical (unpaired) electrons. The van der Waals surface area contributed by atoms with Gasteiger partial charge in [-0.15, -0.1) is 0 Å². The van der Waals surface area contributed by atoms with Crippen molar-refractivity contribution in [1.82, 2.24) is 5.43 Å². The first-order chi connectivity index (χ1) is 10.3. The molecule has 0 aromatic heterocycles. The Bertz CT molecular complexity index is 472. The van der Waals surface area contributed by atoms with Gasteiger partial charge in [0.05, 0.1) is 18.8 Å². The average molecular weight is 290 g/mol. The normalized spacial score (nSPS) is 21.6. The second-order valence-electron chi connectivity index (χ2n) is 6.21. The molecule has 3 rings (SSSR count). The summed E-state index contributed by atoms with van der Waals surface area (Å²) in [5.41, 5.74) is 5.48. The van der Waals surface area contributed by atoms with E-state index in [1.54, 1.807) is 7.11 Å². The smallest absolute Gasteiger partial charge is 0.122 e. The van der Waals surface area contributed by atoms with Crippen molar-refractivity contribution < 1.29 is 9.47 Å². The second-order valence-corrected chi connectivity index (χ2v) is 6.21. The van der Waals surface area contributed by atoms with Gasteiger partial charge in [0.25, 0.3) is 0 Å². The molecule has 2 atom stereocenters. The van der Waals surface area contributed by atoms with E-state index in [0.717, 1.165) is 18.8 Å². The molecule has 1 saturated carbocycles. The fourth-order valence-corrected chi connectivity index (χ4v) is 3.84. The van der Waals surface area contributed by atoms with Crippen molar-refractivity contribution in [3.05, 3.63) is 29.3 Å². The second kappa shape index (κ2) is 6.77. The Morgan fingerprint density at radius 3 is 2.81 bits per heavy atom. The molecule has 1 fully saturated rings. The third-order valence-electron chi connectivity index (χ3n) is 4.97. The fraction of sp³-hybridized carbons (Fsp3) is 0.647. The van der Waals surface area contributed by atoms with Gasteiger partial charge in [0.1, 0.15) is 5.75 Å². The summed E-state index contributed by atoms with van der Waals surface area (Å²) in [4.78, 5) is 0. The van der Waals surface area contributed by atoms with Gasteiger partial charge in [0, 0.05) is 13.5 Å². The molecule has 0 amide bonds. The maximum absolute atomic E-state index is 5.87. The number of ether oxygens (including phenoxy) is 2. The van der Waals surface area contributed by atoms with Crippen molar-refractivity contribution in [2.75, 3.05) is 13.7 Å². The standard InChI is InChI=1S/C17H26N2O2/c1-20-17(12-5-3-2-4-6-12)16(19-18)14-7-8-15-13(11-14)9-10-21-15/h7-8,11-12,16-17,19H,2-6,9-10,18H2,1H3. The Hall–Kier alpha value is -1.10. The van der Waals surface area contributed by atoms with E-state index in [-0.39, 0.29) is 12.1 Å². The highest BCUT2D eigenvalue weighted by Gasteiger charge is 2.31. The molecule has 1 aliphatic carbocycles. The Balaban J connectivity index is 1.81. The van der Waals surface area contributed by atoms with Crippen LogP contribution >= 0.6 is 0 Å². The minimum atomic E-state index is 0.0454. The van der Waals surface area contributed by atoms with E-state index in [9.17, 15) is 0 Å². The van der Waals surface area contributed by atoms with Crippen molar-refractivity contribution in [3.8, 4) is 5.75 Å². The lowest BCUT2D eigenvalue weighted by molar-refractivity contribution is 0.00748. The molecule has 3 N–H and O–H groups in total. The lowest BCUT2D eigenvalue weighted by atomic mass is 9.81. The quantitative estimate of drug-likeness (QED) is 0.646. The fourth-order valence-electron chi connectivity index (χ4n) is 3.84. The lowest BCUT2D eigenvalue weighted by Gasteiger charge is -2.35. The summed E-state index contributed by atoms with van der Waals surface area (Å²) in [6.07, 6.45) is 7.57. The minimum Gasteiger partial charge on any atom is -0.493 e. The highest BCUT2D eigenvalue weighted by Crippen LogP contribution is 2.35. The van der Waals surface area contributed by atoms with Gasteiger partial charge in [0.15, 0.2) is 0 Å². The number of benzene rings is 1. The maximum atomic E-state index is 5.87. The predicted molar refractivity (Wildman–Crippen MR) is 83.1 cm³/mol. The lowest BCUT2D eigenvalue weighted by Crippen LogP contribution is -2.42. The Morgan fingerprint density at radius 1 is 1.29 bits per heavy atom. The molecular weight excluding hydrogens is 264 g/mol. The van der Waals surface area contributed by atoms with Gasteiger partial charge in [0.2, 0.25) is 0 Å². The summed E-state index contributed by atoms with van der Waals surface area (Å²) >= 11 is 0. The van der Waals surface area contributed by atoms with Crippen LogP contribution in [0.25, 0.3) is 0 Å². The molecule has 0 bridgehead atoms. The van der Waals surface area contributed by atoms with Gasteiger partial charge in [-0.1, -0.05) is 31.4 Å². The van der Waals surface area contributed by atoms with Crippen LogP contribution in [0.15, 0.2) is 18.2 Å². The van der Waals surface area contributed by atoms with Crippen LogP contribution in [-0.4, -0.2) is 19.8 Å². The third-order valence-corrected chi connectivity index (χ3v) is 4.97. The van der Waals surface area contributed by atoms with Crippen molar-refractivity contribution in [2.45, 2.75) is 50.7 Å². The van der Waals surface area contributed by atoms with Crippen LogP contribution in [0.4, 0.5) is 0 Å². The average Bonchev–Trinajstić information content (AvgIpc) is 3.00. The zero-order chi connectivity index (χ0) is 14.7. The van der Waals surface area contributed by atoms with Crippen LogP contribution in [0.2, 0.25) is 0 Å². The van der Waals surface area contributed by atoms with Gasteiger partial charge in [-0.3, -0.25) is 11.3 Å². The van der Waals surface area contributed by atoms with Crippen molar-refractivity contribution in [1.29, 1.82) is 0 Å². The summed E-state index contributed by atoms with van der Waals surface area (Å²) in [6.45, 7) is 0.788. The first-order valence-electron chi connectivity index (χ1n) is 8.08. The molecule has 4 nitrogen and oxygen atoms in total. The summed E-state index contributed by atoms with van der Waals surface area (Å²) < 4.78 is 11.4. The number of methoxy groups -OCH3 is 1. The third kappa shape index (κ3) is 3.07. The molecule has 4 heteroatoms. The zero-order valence-electron chi connectivity index (χ0n) is 12.8. The van der Waals surface area contributed by atoms with Crippen LogP contribution in [-0.2, 0) is 11.2 Å². The summed E-state index contributed by atoms with van der Waals surface area (Å²) in [7, 11) is 1.81. The molecule has 0 spiro atoms. The van der Waals surface area contributed by atoms with Gasteiger partial charge in [-0.2, -0.15) is 0 Å². The molecular formula is C17H26N2O2. The topological polar surface area (TPSA) is 56.5 Å². The molecule has 1 aromatic rings.